The van der Waals surface area contributed by atoms with Gasteiger partial charge in [-0.1, -0.05) is 0 Å². The van der Waals surface area contributed by atoms with Crippen molar-refractivity contribution in [3.05, 3.63) is 33.4 Å². The Kier molecular flexibility index (Phi) is 7.18. The normalized spacial score (nSPS) is 36.0. The van der Waals surface area contributed by atoms with E-state index in [1.54, 1.807) is 0 Å². The van der Waals surface area contributed by atoms with Crippen molar-refractivity contribution in [2.75, 3.05) is 24.7 Å². The molecular weight excluding hydrogens is 650 g/mol. The molecule has 7 rings (SSSR count). The van der Waals surface area contributed by atoms with Gasteiger partial charge in [-0.25, -0.2) is 14.5 Å². The number of aromatic amines is 2. The summed E-state index contributed by atoms with van der Waals surface area (Å²) in [6, 6.07) is 0. The zero-order valence-electron chi connectivity index (χ0n) is 22.4. The van der Waals surface area contributed by atoms with Gasteiger partial charge in [0.15, 0.2) is 28.6 Å². The molecule has 0 radical (unpaired) electrons. The van der Waals surface area contributed by atoms with E-state index in [2.05, 4.69) is 29.9 Å². The van der Waals surface area contributed by atoms with Gasteiger partial charge >= 0.3 is 7.82 Å². The number of phosphoric ester groups is 2. The van der Waals surface area contributed by atoms with E-state index in [0.29, 0.717) is 0 Å². The fourth-order valence-corrected chi connectivity index (χ4v) is 7.25. The minimum absolute atomic E-state index is 0.0300. The van der Waals surface area contributed by atoms with Gasteiger partial charge in [0, 0.05) is 6.42 Å². The largest absolute Gasteiger partial charge is 0.756 e. The molecule has 8 N–H and O–H groups in total. The molecule has 0 aliphatic carbocycles. The molecule has 4 aromatic rings. The smallest absolute Gasteiger partial charge is 0.472 e. The van der Waals surface area contributed by atoms with Crippen molar-refractivity contribution in [2.45, 2.75) is 49.4 Å². The molecule has 23 nitrogen and oxygen atoms in total. The number of aliphatic hydroxyl groups excluding tert-OH is 1. The van der Waals surface area contributed by atoms with Crippen molar-refractivity contribution in [2.24, 2.45) is 0 Å². The third-order valence-corrected chi connectivity index (χ3v) is 9.27. The zero-order chi connectivity index (χ0) is 31.8. The predicted molar refractivity (Wildman–Crippen MR) is 143 cm³/mol. The SMILES string of the molecule is Nc1nc2c(ncn2[C@@H]2O[C@H]3COP(=O)(O)OC4C[C@H](n5cnc6c(=O)[nH]c(N)nc65)O[C@H]4COP(=O)([O-])OC3[C@@H]2O)c(=O)[nH]1. The number of rotatable bonds is 2. The summed E-state index contributed by atoms with van der Waals surface area (Å²) in [6.45, 7) is -1.57. The molecule has 3 saturated heterocycles. The first-order valence-electron chi connectivity index (χ1n) is 13.0. The average molecular weight is 673 g/mol. The van der Waals surface area contributed by atoms with E-state index in [4.69, 9.17) is 39.0 Å². The zero-order valence-corrected chi connectivity index (χ0v) is 24.2. The van der Waals surface area contributed by atoms with Gasteiger partial charge < -0.3 is 44.9 Å². The molecule has 3 aliphatic rings. The lowest BCUT2D eigenvalue weighted by Gasteiger charge is -2.32. The number of hydrogen-bond donors (Lipinski definition) is 6. The van der Waals surface area contributed by atoms with Gasteiger partial charge in [-0.05, 0) is 0 Å². The van der Waals surface area contributed by atoms with Crippen LogP contribution in [0.1, 0.15) is 18.9 Å². The maximum absolute atomic E-state index is 13.0. The molecule has 45 heavy (non-hydrogen) atoms. The van der Waals surface area contributed by atoms with Gasteiger partial charge in [0.05, 0.1) is 25.9 Å². The second-order valence-electron chi connectivity index (χ2n) is 10.2. The summed E-state index contributed by atoms with van der Waals surface area (Å²) in [4.78, 5) is 68.4. The number of H-pyrrole nitrogens is 2. The summed E-state index contributed by atoms with van der Waals surface area (Å²) >= 11 is 0. The fourth-order valence-electron chi connectivity index (χ4n) is 5.34. The predicted octanol–water partition coefficient (Wildman–Crippen LogP) is -2.65. The second-order valence-corrected chi connectivity index (χ2v) is 13.0. The van der Waals surface area contributed by atoms with Gasteiger partial charge in [-0.15, -0.1) is 0 Å². The van der Waals surface area contributed by atoms with E-state index >= 15 is 0 Å². The highest BCUT2D eigenvalue weighted by atomic mass is 31.2. The van der Waals surface area contributed by atoms with Crippen LogP contribution < -0.4 is 27.5 Å². The van der Waals surface area contributed by atoms with Crippen LogP contribution in [0.2, 0.25) is 0 Å². The molecule has 0 spiro atoms. The molecule has 25 heteroatoms. The van der Waals surface area contributed by atoms with Gasteiger partial charge in [-0.3, -0.25) is 42.3 Å². The lowest BCUT2D eigenvalue weighted by atomic mass is 10.1. The Morgan fingerprint density at radius 1 is 0.889 bits per heavy atom. The Labute approximate surface area is 248 Å². The van der Waals surface area contributed by atoms with Crippen LogP contribution in [0.3, 0.4) is 0 Å². The summed E-state index contributed by atoms with van der Waals surface area (Å²) in [5, 5.41) is 11.1. The van der Waals surface area contributed by atoms with Crippen LogP contribution in [0.15, 0.2) is 22.2 Å². The summed E-state index contributed by atoms with van der Waals surface area (Å²) in [6.07, 6.45) is -7.93. The highest BCUT2D eigenvalue weighted by Gasteiger charge is 2.50. The van der Waals surface area contributed by atoms with Crippen molar-refractivity contribution in [1.82, 2.24) is 39.0 Å². The van der Waals surface area contributed by atoms with Crippen LogP contribution >= 0.6 is 15.6 Å². The number of nitrogens with one attached hydrogen (secondary N) is 2. The Hall–Kier alpha value is -3.60. The Bertz CT molecular complexity index is 2010. The summed E-state index contributed by atoms with van der Waals surface area (Å²) < 4.78 is 60.7. The number of fused-ring (bicyclic) bond motifs is 4. The number of aliphatic hydroxyl groups is 1. The minimum atomic E-state index is -5.25. The Morgan fingerprint density at radius 2 is 1.49 bits per heavy atom. The van der Waals surface area contributed by atoms with Crippen molar-refractivity contribution in [1.29, 1.82) is 0 Å². The molecule has 0 saturated carbocycles. The third-order valence-electron chi connectivity index (χ3n) is 7.29. The lowest BCUT2D eigenvalue weighted by Crippen LogP contribution is -2.38. The molecule has 3 aliphatic heterocycles. The monoisotopic (exact) mass is 673 g/mol. The third kappa shape index (κ3) is 5.47. The van der Waals surface area contributed by atoms with Crippen molar-refractivity contribution >= 4 is 49.9 Å². The van der Waals surface area contributed by atoms with E-state index in [1.165, 1.54) is 10.9 Å². The molecular formula is C20H23N10O13P2-. The number of aromatic nitrogens is 8. The lowest BCUT2D eigenvalue weighted by molar-refractivity contribution is -0.236. The van der Waals surface area contributed by atoms with E-state index in [-0.39, 0.29) is 40.6 Å². The molecule has 4 unspecified atom stereocenters. The first kappa shape index (κ1) is 30.1. The van der Waals surface area contributed by atoms with Crippen molar-refractivity contribution in [3.63, 3.8) is 0 Å². The van der Waals surface area contributed by atoms with Crippen molar-refractivity contribution in [3.8, 4) is 0 Å². The molecule has 242 valence electrons. The summed E-state index contributed by atoms with van der Waals surface area (Å²) in [5.74, 6) is -0.475. The molecule has 7 heterocycles. The molecule has 9 atom stereocenters. The number of imidazole rings is 2. The maximum atomic E-state index is 13.0. The molecule has 0 amide bonds. The number of anilines is 2. The Morgan fingerprint density at radius 3 is 2.16 bits per heavy atom. The van der Waals surface area contributed by atoms with Crippen LogP contribution in [-0.4, -0.2) is 92.8 Å². The second kappa shape index (κ2) is 10.7. The number of ether oxygens (including phenoxy) is 2. The quantitative estimate of drug-likeness (QED) is 0.118. The first-order chi connectivity index (χ1) is 21.3. The average Bonchev–Trinajstić information content (AvgIpc) is 3.71. The number of phosphoric acid groups is 2. The molecule has 3 fully saturated rings. The topological polar surface area (TPSA) is 332 Å². The fraction of sp³-hybridized carbons (Fsp3) is 0.500. The number of nitrogen functional groups attached to an aromatic ring is 2. The van der Waals surface area contributed by atoms with E-state index < -0.39 is 83.0 Å². The Balaban J connectivity index is 1.16. The van der Waals surface area contributed by atoms with Gasteiger partial charge in [0.2, 0.25) is 11.9 Å². The maximum Gasteiger partial charge on any atom is 0.472 e. The standard InChI is InChI=1S/C20H24N10O13P2/c21-19-25-14-10(16(32)27-19)23-4-29(14)9-1-6-7(40-9)2-38-45(36,37)43-13-8(3-39-44(34,35)42-6)41-18(12(13)31)30-5-24-11-15(30)26-20(22)28-17(11)33/h4-9,12-13,18,31H,1-3H2,(H,34,35)(H,36,37)(H3,21,25,27,32)(H3,22,26,28,33)/p-1/t6?,7-,8-,9+,12-,13?,18+/m0/s1. The van der Waals surface area contributed by atoms with Crippen molar-refractivity contribution < 1.29 is 51.6 Å². The summed E-state index contributed by atoms with van der Waals surface area (Å²) in [7, 11) is -10.2. The van der Waals surface area contributed by atoms with E-state index in [9.17, 15) is 33.6 Å². The van der Waals surface area contributed by atoms with Gasteiger partial charge in [0.1, 0.15) is 36.7 Å². The number of nitrogens with two attached hydrogens (primary N) is 2. The van der Waals surface area contributed by atoms with E-state index in [0.717, 1.165) is 10.9 Å². The minimum Gasteiger partial charge on any atom is -0.756 e. The van der Waals surface area contributed by atoms with E-state index in [1.807, 2.05) is 0 Å². The highest BCUT2D eigenvalue weighted by molar-refractivity contribution is 7.47. The molecule has 0 bridgehead atoms. The van der Waals surface area contributed by atoms with Crippen LogP contribution in [0.5, 0.6) is 0 Å². The first-order valence-corrected chi connectivity index (χ1v) is 16.0. The van der Waals surface area contributed by atoms with Gasteiger partial charge in [-0.2, -0.15) is 9.97 Å². The highest BCUT2D eigenvalue weighted by Crippen LogP contribution is 2.52. The van der Waals surface area contributed by atoms with Gasteiger partial charge in [0.25, 0.3) is 18.9 Å². The molecule has 0 aromatic carbocycles. The van der Waals surface area contributed by atoms with Crippen LogP contribution in [0, 0.1) is 0 Å². The van der Waals surface area contributed by atoms with Crippen LogP contribution in [-0.2, 0) is 36.7 Å². The van der Waals surface area contributed by atoms with Crippen LogP contribution in [0.25, 0.3) is 22.3 Å². The van der Waals surface area contributed by atoms with Crippen LogP contribution in [0.4, 0.5) is 11.9 Å². The number of nitrogens with zero attached hydrogens (tertiary/aromatic N) is 6. The molecule has 4 aromatic heterocycles. The number of hydrogen-bond acceptors (Lipinski definition) is 18. The summed E-state index contributed by atoms with van der Waals surface area (Å²) in [5.41, 5.74) is 9.66.